The van der Waals surface area contributed by atoms with E-state index in [4.69, 9.17) is 0 Å². The van der Waals surface area contributed by atoms with Crippen molar-refractivity contribution in [2.24, 2.45) is 7.05 Å². The summed E-state index contributed by atoms with van der Waals surface area (Å²) in [6, 6.07) is 1.91. The highest BCUT2D eigenvalue weighted by Gasteiger charge is 2.07. The Morgan fingerprint density at radius 1 is 1.50 bits per heavy atom. The van der Waals surface area contributed by atoms with Crippen LogP contribution >= 0.6 is 0 Å². The highest BCUT2D eigenvalue weighted by Crippen LogP contribution is 2.16. The molecule has 0 fully saturated rings. The average Bonchev–Trinajstić information content (AvgIpc) is 2.87. The van der Waals surface area contributed by atoms with Crippen LogP contribution in [-0.4, -0.2) is 29.9 Å². The van der Waals surface area contributed by atoms with Crippen molar-refractivity contribution >= 4 is 0 Å². The molecule has 16 heavy (non-hydrogen) atoms. The Morgan fingerprint density at radius 3 is 2.94 bits per heavy atom. The highest BCUT2D eigenvalue weighted by molar-refractivity contribution is 5.13. The first-order chi connectivity index (χ1) is 7.69. The van der Waals surface area contributed by atoms with Crippen molar-refractivity contribution < 1.29 is 5.11 Å². The standard InChI is InChI=1S/C10H15N5O/c1-3-9(16)8-4-5-15(6-8)7-10-11-13-14(2)12-10/h4-6,9,16H,3,7H2,1-2H3. The van der Waals surface area contributed by atoms with Crippen molar-refractivity contribution in [1.29, 1.82) is 0 Å². The van der Waals surface area contributed by atoms with Crippen LogP contribution in [0.15, 0.2) is 18.5 Å². The van der Waals surface area contributed by atoms with Crippen LogP contribution in [0.3, 0.4) is 0 Å². The monoisotopic (exact) mass is 221 g/mol. The maximum atomic E-state index is 9.65. The molecule has 0 aliphatic carbocycles. The molecule has 0 spiro atoms. The van der Waals surface area contributed by atoms with Crippen molar-refractivity contribution in [3.05, 3.63) is 29.8 Å². The van der Waals surface area contributed by atoms with Gasteiger partial charge in [0.25, 0.3) is 0 Å². The predicted octanol–water partition coefficient (Wildman–Crippen LogP) is 0.503. The number of hydrogen-bond donors (Lipinski definition) is 1. The van der Waals surface area contributed by atoms with Gasteiger partial charge in [-0.2, -0.15) is 4.80 Å². The second kappa shape index (κ2) is 4.44. The van der Waals surface area contributed by atoms with E-state index in [1.165, 1.54) is 4.80 Å². The fourth-order valence-corrected chi connectivity index (χ4v) is 1.54. The maximum Gasteiger partial charge on any atom is 0.194 e. The van der Waals surface area contributed by atoms with E-state index in [1.54, 1.807) is 7.05 Å². The van der Waals surface area contributed by atoms with Crippen LogP contribution < -0.4 is 0 Å². The molecule has 2 rings (SSSR count). The van der Waals surface area contributed by atoms with Gasteiger partial charge < -0.3 is 9.67 Å². The topological polar surface area (TPSA) is 68.8 Å². The molecule has 1 unspecified atom stereocenters. The Balaban J connectivity index is 2.08. The minimum absolute atomic E-state index is 0.393. The third kappa shape index (κ3) is 2.27. The summed E-state index contributed by atoms with van der Waals surface area (Å²) in [5, 5.41) is 21.4. The fourth-order valence-electron chi connectivity index (χ4n) is 1.54. The van der Waals surface area contributed by atoms with Gasteiger partial charge in [-0.3, -0.25) is 0 Å². The fraction of sp³-hybridized carbons (Fsp3) is 0.500. The number of aliphatic hydroxyl groups is 1. The van der Waals surface area contributed by atoms with Crippen LogP contribution in [0.4, 0.5) is 0 Å². The van der Waals surface area contributed by atoms with Crippen LogP contribution in [0, 0.1) is 0 Å². The zero-order valence-electron chi connectivity index (χ0n) is 9.41. The normalized spacial score (nSPS) is 12.9. The quantitative estimate of drug-likeness (QED) is 0.816. The zero-order valence-corrected chi connectivity index (χ0v) is 9.41. The van der Waals surface area contributed by atoms with Gasteiger partial charge in [0, 0.05) is 12.4 Å². The summed E-state index contributed by atoms with van der Waals surface area (Å²) in [4.78, 5) is 1.43. The number of aliphatic hydroxyl groups excluding tert-OH is 1. The molecule has 0 aliphatic rings. The summed E-state index contributed by atoms with van der Waals surface area (Å²) >= 11 is 0. The molecular formula is C10H15N5O. The summed E-state index contributed by atoms with van der Waals surface area (Å²) in [6.45, 7) is 2.52. The van der Waals surface area contributed by atoms with Crippen molar-refractivity contribution in [1.82, 2.24) is 24.8 Å². The molecule has 0 aromatic carbocycles. The number of aryl methyl sites for hydroxylation is 1. The molecule has 0 saturated carbocycles. The minimum Gasteiger partial charge on any atom is -0.388 e. The van der Waals surface area contributed by atoms with Crippen molar-refractivity contribution in [3.8, 4) is 0 Å². The molecule has 0 bridgehead atoms. The lowest BCUT2D eigenvalue weighted by Crippen LogP contribution is -2.00. The van der Waals surface area contributed by atoms with E-state index in [-0.39, 0.29) is 0 Å². The van der Waals surface area contributed by atoms with E-state index < -0.39 is 6.10 Å². The van der Waals surface area contributed by atoms with E-state index in [0.29, 0.717) is 18.8 Å². The van der Waals surface area contributed by atoms with Gasteiger partial charge in [-0.05, 0) is 23.3 Å². The van der Waals surface area contributed by atoms with E-state index in [1.807, 2.05) is 30.0 Å². The summed E-state index contributed by atoms with van der Waals surface area (Å²) in [7, 11) is 1.73. The number of hydrogen-bond acceptors (Lipinski definition) is 4. The molecule has 86 valence electrons. The second-order valence-electron chi connectivity index (χ2n) is 3.74. The van der Waals surface area contributed by atoms with Crippen molar-refractivity contribution in [2.75, 3.05) is 0 Å². The van der Waals surface area contributed by atoms with Gasteiger partial charge in [-0.15, -0.1) is 10.2 Å². The SMILES string of the molecule is CCC(O)c1ccn(Cc2nnn(C)n2)c1. The lowest BCUT2D eigenvalue weighted by molar-refractivity contribution is 0.173. The van der Waals surface area contributed by atoms with Gasteiger partial charge in [-0.25, -0.2) is 0 Å². The van der Waals surface area contributed by atoms with Crippen LogP contribution in [-0.2, 0) is 13.6 Å². The van der Waals surface area contributed by atoms with Gasteiger partial charge in [0.05, 0.1) is 19.7 Å². The smallest absolute Gasteiger partial charge is 0.194 e. The van der Waals surface area contributed by atoms with Crippen LogP contribution in [0.5, 0.6) is 0 Å². The molecule has 0 saturated heterocycles. The number of rotatable bonds is 4. The molecule has 0 radical (unpaired) electrons. The summed E-state index contributed by atoms with van der Waals surface area (Å²) in [6.07, 6.45) is 4.14. The highest BCUT2D eigenvalue weighted by atomic mass is 16.3. The van der Waals surface area contributed by atoms with Crippen molar-refractivity contribution in [2.45, 2.75) is 26.0 Å². The lowest BCUT2D eigenvalue weighted by Gasteiger charge is -2.03. The first-order valence-corrected chi connectivity index (χ1v) is 5.25. The first-order valence-electron chi connectivity index (χ1n) is 5.25. The molecule has 1 N–H and O–H groups in total. The Labute approximate surface area is 93.5 Å². The molecule has 2 heterocycles. The van der Waals surface area contributed by atoms with Gasteiger partial charge >= 0.3 is 0 Å². The van der Waals surface area contributed by atoms with Gasteiger partial charge in [0.2, 0.25) is 0 Å². The summed E-state index contributed by atoms with van der Waals surface area (Å²) < 4.78 is 1.94. The predicted molar refractivity (Wildman–Crippen MR) is 57.6 cm³/mol. The molecule has 6 nitrogen and oxygen atoms in total. The molecule has 2 aromatic rings. The average molecular weight is 221 g/mol. The van der Waals surface area contributed by atoms with E-state index in [2.05, 4.69) is 15.4 Å². The van der Waals surface area contributed by atoms with E-state index >= 15 is 0 Å². The third-order valence-electron chi connectivity index (χ3n) is 2.42. The van der Waals surface area contributed by atoms with Gasteiger partial charge in [-0.1, -0.05) is 6.92 Å². The van der Waals surface area contributed by atoms with Crippen LogP contribution in [0.2, 0.25) is 0 Å². The van der Waals surface area contributed by atoms with E-state index in [0.717, 1.165) is 5.56 Å². The second-order valence-corrected chi connectivity index (χ2v) is 3.74. The zero-order chi connectivity index (χ0) is 11.5. The number of tetrazole rings is 1. The lowest BCUT2D eigenvalue weighted by atomic mass is 10.1. The van der Waals surface area contributed by atoms with Gasteiger partial charge in [0.15, 0.2) is 5.82 Å². The molecule has 2 aromatic heterocycles. The molecule has 6 heteroatoms. The summed E-state index contributed by atoms with van der Waals surface area (Å²) in [5.41, 5.74) is 0.923. The van der Waals surface area contributed by atoms with Crippen LogP contribution in [0.25, 0.3) is 0 Å². The minimum atomic E-state index is -0.393. The number of aromatic nitrogens is 5. The molecular weight excluding hydrogens is 206 g/mol. The molecule has 0 aliphatic heterocycles. The Morgan fingerprint density at radius 2 is 2.31 bits per heavy atom. The van der Waals surface area contributed by atoms with Crippen molar-refractivity contribution in [3.63, 3.8) is 0 Å². The maximum absolute atomic E-state index is 9.65. The Hall–Kier alpha value is -1.69. The Bertz CT molecular complexity index is 461. The molecule has 0 amide bonds. The van der Waals surface area contributed by atoms with E-state index in [9.17, 15) is 5.11 Å². The largest absolute Gasteiger partial charge is 0.388 e. The first kappa shape index (κ1) is 10.8. The summed E-state index contributed by atoms with van der Waals surface area (Å²) in [5.74, 6) is 0.663. The molecule has 1 atom stereocenters. The number of nitrogens with zero attached hydrogens (tertiary/aromatic N) is 5. The van der Waals surface area contributed by atoms with Gasteiger partial charge in [0.1, 0.15) is 0 Å². The Kier molecular flexibility index (Phi) is 3.00. The van der Waals surface area contributed by atoms with Crippen LogP contribution in [0.1, 0.15) is 30.8 Å². The third-order valence-corrected chi connectivity index (χ3v) is 2.42.